The number of hydrogen-bond donors (Lipinski definition) is 2. The van der Waals surface area contributed by atoms with E-state index in [2.05, 4.69) is 5.32 Å². The second-order valence-electron chi connectivity index (χ2n) is 3.66. The van der Waals surface area contributed by atoms with E-state index < -0.39 is 0 Å². The van der Waals surface area contributed by atoms with E-state index in [0.717, 1.165) is 26.1 Å². The fourth-order valence-corrected chi connectivity index (χ4v) is 1.80. The van der Waals surface area contributed by atoms with Crippen LogP contribution in [-0.2, 0) is 4.74 Å². The molecule has 0 aromatic rings. The van der Waals surface area contributed by atoms with Crippen molar-refractivity contribution in [3.63, 3.8) is 0 Å². The smallest absolute Gasteiger partial charge is 0.0620 e. The predicted octanol–water partition coefficient (Wildman–Crippen LogP) is -0.145. The van der Waals surface area contributed by atoms with Crippen molar-refractivity contribution in [1.82, 2.24) is 5.32 Å². The van der Waals surface area contributed by atoms with Crippen LogP contribution in [0.4, 0.5) is 0 Å². The van der Waals surface area contributed by atoms with Crippen LogP contribution in [0.1, 0.15) is 19.3 Å². The van der Waals surface area contributed by atoms with Gasteiger partial charge in [0.2, 0.25) is 0 Å². The Morgan fingerprint density at radius 1 is 1.27 bits per heavy atom. The van der Waals surface area contributed by atoms with E-state index in [-0.39, 0.29) is 0 Å². The molecule has 0 amide bonds. The summed E-state index contributed by atoms with van der Waals surface area (Å²) < 4.78 is 5.26. The number of hydrogen-bond acceptors (Lipinski definition) is 3. The van der Waals surface area contributed by atoms with Crippen molar-refractivity contribution < 1.29 is 4.74 Å². The molecule has 1 saturated heterocycles. The third-order valence-corrected chi connectivity index (χ3v) is 2.58. The Morgan fingerprint density at radius 3 is 2.64 bits per heavy atom. The van der Waals surface area contributed by atoms with Crippen LogP contribution in [0.5, 0.6) is 0 Å². The first-order valence-electron chi connectivity index (χ1n) is 4.44. The van der Waals surface area contributed by atoms with Gasteiger partial charge in [-0.2, -0.15) is 0 Å². The zero-order chi connectivity index (χ0) is 7.68. The third kappa shape index (κ3) is 1.72. The zero-order valence-electron chi connectivity index (χ0n) is 6.75. The maximum Gasteiger partial charge on any atom is 0.0620 e. The Morgan fingerprint density at radius 2 is 2.09 bits per heavy atom. The summed E-state index contributed by atoms with van der Waals surface area (Å²) in [5, 5.41) is 3.54. The minimum absolute atomic E-state index is 0.454. The van der Waals surface area contributed by atoms with E-state index in [4.69, 9.17) is 10.5 Å². The fourth-order valence-electron chi connectivity index (χ4n) is 1.80. The second kappa shape index (κ2) is 3.09. The minimum Gasteiger partial charge on any atom is -0.380 e. The van der Waals surface area contributed by atoms with Crippen molar-refractivity contribution in [2.24, 2.45) is 5.73 Å². The van der Waals surface area contributed by atoms with Gasteiger partial charge in [-0.25, -0.2) is 0 Å². The molecule has 2 fully saturated rings. The standard InChI is InChI=1S/C8H16N2O/c9-6-3-8(4-6)10-7-1-2-11-5-7/h6-8,10H,1-5,9H2. The third-order valence-electron chi connectivity index (χ3n) is 2.58. The number of rotatable bonds is 2. The summed E-state index contributed by atoms with van der Waals surface area (Å²) in [7, 11) is 0. The molecular weight excluding hydrogens is 140 g/mol. The highest BCUT2D eigenvalue weighted by Gasteiger charge is 2.28. The van der Waals surface area contributed by atoms with Crippen LogP contribution < -0.4 is 11.1 Å². The van der Waals surface area contributed by atoms with Gasteiger partial charge in [-0.3, -0.25) is 0 Å². The first kappa shape index (κ1) is 7.53. The van der Waals surface area contributed by atoms with Gasteiger partial charge in [0.1, 0.15) is 0 Å². The molecular formula is C8H16N2O. The molecule has 3 nitrogen and oxygen atoms in total. The van der Waals surface area contributed by atoms with Crippen LogP contribution in [-0.4, -0.2) is 31.3 Å². The van der Waals surface area contributed by atoms with Gasteiger partial charge >= 0.3 is 0 Å². The van der Waals surface area contributed by atoms with Gasteiger partial charge in [0.25, 0.3) is 0 Å². The molecule has 3 N–H and O–H groups in total. The molecule has 1 atom stereocenters. The van der Waals surface area contributed by atoms with Crippen LogP contribution in [0.25, 0.3) is 0 Å². The highest BCUT2D eigenvalue weighted by atomic mass is 16.5. The maximum atomic E-state index is 5.67. The Balaban J connectivity index is 1.66. The lowest BCUT2D eigenvalue weighted by molar-refractivity contribution is 0.180. The molecule has 2 aliphatic rings. The average Bonchev–Trinajstić information content (AvgIpc) is 2.36. The van der Waals surface area contributed by atoms with E-state index >= 15 is 0 Å². The predicted molar refractivity (Wildman–Crippen MR) is 43.4 cm³/mol. The molecule has 1 aliphatic carbocycles. The van der Waals surface area contributed by atoms with Crippen molar-refractivity contribution in [3.8, 4) is 0 Å². The van der Waals surface area contributed by atoms with Gasteiger partial charge in [0.05, 0.1) is 6.61 Å². The molecule has 1 aliphatic heterocycles. The number of ether oxygens (including phenoxy) is 1. The van der Waals surface area contributed by atoms with Gasteiger partial charge < -0.3 is 15.8 Å². The van der Waals surface area contributed by atoms with Gasteiger partial charge in [-0.15, -0.1) is 0 Å². The van der Waals surface area contributed by atoms with Crippen molar-refractivity contribution in [2.45, 2.75) is 37.4 Å². The average molecular weight is 156 g/mol. The SMILES string of the molecule is NC1CC(NC2CCOC2)C1. The molecule has 3 heteroatoms. The van der Waals surface area contributed by atoms with Crippen LogP contribution in [0.3, 0.4) is 0 Å². The lowest BCUT2D eigenvalue weighted by Gasteiger charge is -2.35. The van der Waals surface area contributed by atoms with E-state index in [0.29, 0.717) is 18.1 Å². The summed E-state index contributed by atoms with van der Waals surface area (Å²) in [6.45, 7) is 1.82. The molecule has 1 heterocycles. The monoisotopic (exact) mass is 156 g/mol. The largest absolute Gasteiger partial charge is 0.380 e. The molecule has 0 radical (unpaired) electrons. The summed E-state index contributed by atoms with van der Waals surface area (Å²) >= 11 is 0. The normalized spacial score (nSPS) is 43.9. The van der Waals surface area contributed by atoms with E-state index in [9.17, 15) is 0 Å². The second-order valence-corrected chi connectivity index (χ2v) is 3.66. The first-order valence-corrected chi connectivity index (χ1v) is 4.44. The lowest BCUT2D eigenvalue weighted by atomic mass is 9.87. The van der Waals surface area contributed by atoms with E-state index in [1.165, 1.54) is 6.42 Å². The highest BCUT2D eigenvalue weighted by molar-refractivity contribution is 4.90. The molecule has 64 valence electrons. The van der Waals surface area contributed by atoms with Crippen LogP contribution in [0, 0.1) is 0 Å². The van der Waals surface area contributed by atoms with Gasteiger partial charge in [-0.1, -0.05) is 0 Å². The summed E-state index contributed by atoms with van der Waals surface area (Å²) in [5.41, 5.74) is 5.67. The highest BCUT2D eigenvalue weighted by Crippen LogP contribution is 2.19. The van der Waals surface area contributed by atoms with Crippen molar-refractivity contribution >= 4 is 0 Å². The van der Waals surface area contributed by atoms with E-state index in [1.807, 2.05) is 0 Å². The topological polar surface area (TPSA) is 47.3 Å². The fraction of sp³-hybridized carbons (Fsp3) is 1.00. The van der Waals surface area contributed by atoms with Gasteiger partial charge in [-0.05, 0) is 19.3 Å². The minimum atomic E-state index is 0.454. The Hall–Kier alpha value is -0.120. The maximum absolute atomic E-state index is 5.67. The summed E-state index contributed by atoms with van der Waals surface area (Å²) in [6.07, 6.45) is 3.47. The molecule has 0 spiro atoms. The van der Waals surface area contributed by atoms with E-state index in [1.54, 1.807) is 0 Å². The van der Waals surface area contributed by atoms with Gasteiger partial charge in [0, 0.05) is 24.7 Å². The summed E-state index contributed by atoms with van der Waals surface area (Å²) in [4.78, 5) is 0. The molecule has 0 bridgehead atoms. The van der Waals surface area contributed by atoms with Crippen LogP contribution in [0.15, 0.2) is 0 Å². The molecule has 11 heavy (non-hydrogen) atoms. The number of nitrogens with two attached hydrogens (primary N) is 1. The quantitative estimate of drug-likeness (QED) is 0.584. The Bertz CT molecular complexity index is 128. The van der Waals surface area contributed by atoms with Gasteiger partial charge in [0.15, 0.2) is 0 Å². The summed E-state index contributed by atoms with van der Waals surface area (Å²) in [6, 6.07) is 1.74. The Kier molecular flexibility index (Phi) is 2.11. The van der Waals surface area contributed by atoms with Crippen molar-refractivity contribution in [2.75, 3.05) is 13.2 Å². The molecule has 1 saturated carbocycles. The van der Waals surface area contributed by atoms with Crippen molar-refractivity contribution in [3.05, 3.63) is 0 Å². The zero-order valence-corrected chi connectivity index (χ0v) is 6.75. The number of nitrogens with one attached hydrogen (secondary N) is 1. The van der Waals surface area contributed by atoms with Crippen LogP contribution >= 0.6 is 0 Å². The molecule has 1 unspecified atom stereocenters. The van der Waals surface area contributed by atoms with Crippen molar-refractivity contribution in [1.29, 1.82) is 0 Å². The Labute approximate surface area is 67.3 Å². The first-order chi connectivity index (χ1) is 5.34. The molecule has 0 aromatic carbocycles. The molecule has 0 aromatic heterocycles. The lowest BCUT2D eigenvalue weighted by Crippen LogP contribution is -2.51. The van der Waals surface area contributed by atoms with Crippen LogP contribution in [0.2, 0.25) is 0 Å². The summed E-state index contributed by atoms with van der Waals surface area (Å²) in [5.74, 6) is 0. The molecule has 2 rings (SSSR count).